The molecule has 0 amide bonds. The first-order valence-corrected chi connectivity index (χ1v) is 6.13. The van der Waals surface area contributed by atoms with Gasteiger partial charge >= 0.3 is 0 Å². The predicted octanol–water partition coefficient (Wildman–Crippen LogP) is 2.89. The van der Waals surface area contributed by atoms with Crippen LogP contribution in [0.5, 0.6) is 0 Å². The van der Waals surface area contributed by atoms with Crippen molar-refractivity contribution in [2.24, 2.45) is 0 Å². The van der Waals surface area contributed by atoms with Gasteiger partial charge in [0, 0.05) is 18.7 Å². The van der Waals surface area contributed by atoms with E-state index in [0.29, 0.717) is 18.7 Å². The first-order valence-electron chi connectivity index (χ1n) is 6.13. The molecule has 0 heterocycles. The Morgan fingerprint density at radius 2 is 1.40 bits per heavy atom. The topological polar surface area (TPSA) is 32.3 Å². The molecule has 2 aromatic carbocycles. The van der Waals surface area contributed by atoms with Crippen LogP contribution in [0.4, 0.5) is 13.2 Å². The van der Waals surface area contributed by atoms with E-state index in [-0.39, 0.29) is 12.2 Å². The van der Waals surface area contributed by atoms with Crippen LogP contribution in [0.3, 0.4) is 0 Å². The van der Waals surface area contributed by atoms with Crippen molar-refractivity contribution in [3.63, 3.8) is 0 Å². The number of halogens is 3. The summed E-state index contributed by atoms with van der Waals surface area (Å²) in [4.78, 5) is 0. The lowest BCUT2D eigenvalue weighted by Crippen LogP contribution is -2.13. The summed E-state index contributed by atoms with van der Waals surface area (Å²) in [5, 5.41) is 12.0. The Hall–Kier alpha value is -1.85. The van der Waals surface area contributed by atoms with Gasteiger partial charge in [0.1, 0.15) is 5.82 Å². The van der Waals surface area contributed by atoms with E-state index >= 15 is 0 Å². The van der Waals surface area contributed by atoms with Crippen LogP contribution in [-0.4, -0.2) is 5.11 Å². The highest BCUT2D eigenvalue weighted by Crippen LogP contribution is 2.11. The average molecular weight is 281 g/mol. The molecule has 0 aliphatic heterocycles. The minimum Gasteiger partial charge on any atom is -0.392 e. The Morgan fingerprint density at radius 1 is 0.800 bits per heavy atom. The standard InChI is InChI=1S/C15H14F3NO/c16-13-3-1-10(5-12(13)9-20)7-19-8-11-2-4-14(17)15(18)6-11/h1-6,19-20H,7-9H2. The van der Waals surface area contributed by atoms with Crippen LogP contribution in [0.2, 0.25) is 0 Å². The summed E-state index contributed by atoms with van der Waals surface area (Å²) in [5.74, 6) is -2.20. The molecule has 5 heteroatoms. The number of hydrogen-bond acceptors (Lipinski definition) is 2. The monoisotopic (exact) mass is 281 g/mol. The largest absolute Gasteiger partial charge is 0.392 e. The van der Waals surface area contributed by atoms with Crippen LogP contribution in [0.15, 0.2) is 36.4 Å². The maximum atomic E-state index is 13.2. The number of benzene rings is 2. The molecule has 0 bridgehead atoms. The summed E-state index contributed by atoms with van der Waals surface area (Å²) in [7, 11) is 0. The molecule has 0 aromatic heterocycles. The summed E-state index contributed by atoms with van der Waals surface area (Å²) in [6.07, 6.45) is 0. The highest BCUT2D eigenvalue weighted by atomic mass is 19.2. The lowest BCUT2D eigenvalue weighted by Gasteiger charge is -2.07. The van der Waals surface area contributed by atoms with Gasteiger partial charge in [-0.1, -0.05) is 12.1 Å². The van der Waals surface area contributed by atoms with Crippen molar-refractivity contribution in [2.45, 2.75) is 19.7 Å². The van der Waals surface area contributed by atoms with Crippen molar-refractivity contribution in [2.75, 3.05) is 0 Å². The van der Waals surface area contributed by atoms with Gasteiger partial charge in [0.05, 0.1) is 6.61 Å². The van der Waals surface area contributed by atoms with Crippen LogP contribution >= 0.6 is 0 Å². The van der Waals surface area contributed by atoms with Gasteiger partial charge in [-0.3, -0.25) is 0 Å². The first kappa shape index (κ1) is 14.6. The highest BCUT2D eigenvalue weighted by Gasteiger charge is 2.04. The molecule has 0 saturated carbocycles. The molecule has 0 fully saturated rings. The third-order valence-electron chi connectivity index (χ3n) is 2.92. The molecule has 2 aromatic rings. The van der Waals surface area contributed by atoms with Crippen molar-refractivity contribution >= 4 is 0 Å². The molecular formula is C15H14F3NO. The van der Waals surface area contributed by atoms with E-state index in [0.717, 1.165) is 17.7 Å². The summed E-state index contributed by atoms with van der Waals surface area (Å²) in [6.45, 7) is 0.443. The SMILES string of the molecule is OCc1cc(CNCc2ccc(F)c(F)c2)ccc1F. The molecule has 0 aliphatic carbocycles. The predicted molar refractivity (Wildman–Crippen MR) is 69.2 cm³/mol. The Bertz CT molecular complexity index is 602. The Kier molecular flexibility index (Phi) is 4.76. The second-order valence-corrected chi connectivity index (χ2v) is 4.44. The zero-order chi connectivity index (χ0) is 14.5. The highest BCUT2D eigenvalue weighted by molar-refractivity contribution is 5.25. The van der Waals surface area contributed by atoms with Gasteiger partial charge in [-0.2, -0.15) is 0 Å². The maximum Gasteiger partial charge on any atom is 0.159 e. The second kappa shape index (κ2) is 6.54. The molecule has 2 nitrogen and oxygen atoms in total. The smallest absolute Gasteiger partial charge is 0.159 e. The molecule has 2 rings (SSSR count). The molecule has 0 unspecified atom stereocenters. The number of hydrogen-bond donors (Lipinski definition) is 2. The van der Waals surface area contributed by atoms with Crippen molar-refractivity contribution in [3.8, 4) is 0 Å². The van der Waals surface area contributed by atoms with E-state index in [1.54, 1.807) is 12.1 Å². The van der Waals surface area contributed by atoms with Crippen LogP contribution in [-0.2, 0) is 19.7 Å². The third-order valence-corrected chi connectivity index (χ3v) is 2.92. The van der Waals surface area contributed by atoms with E-state index in [1.165, 1.54) is 12.1 Å². The first-order chi connectivity index (χ1) is 9.60. The van der Waals surface area contributed by atoms with E-state index in [2.05, 4.69) is 5.32 Å². The van der Waals surface area contributed by atoms with Gasteiger partial charge in [0.2, 0.25) is 0 Å². The van der Waals surface area contributed by atoms with Gasteiger partial charge in [-0.15, -0.1) is 0 Å². The fraction of sp³-hybridized carbons (Fsp3) is 0.200. The lowest BCUT2D eigenvalue weighted by atomic mass is 10.1. The summed E-state index contributed by atoms with van der Waals surface area (Å²) < 4.78 is 38.9. The molecule has 0 spiro atoms. The van der Waals surface area contributed by atoms with E-state index in [4.69, 9.17) is 5.11 Å². The fourth-order valence-corrected chi connectivity index (χ4v) is 1.86. The van der Waals surface area contributed by atoms with Crippen molar-refractivity contribution in [1.82, 2.24) is 5.32 Å². The molecule has 0 aliphatic rings. The molecule has 106 valence electrons. The number of nitrogens with one attached hydrogen (secondary N) is 1. The van der Waals surface area contributed by atoms with E-state index < -0.39 is 17.5 Å². The van der Waals surface area contributed by atoms with Crippen LogP contribution < -0.4 is 5.32 Å². The average Bonchev–Trinajstić information content (AvgIpc) is 2.44. The molecule has 0 atom stereocenters. The molecule has 2 N–H and O–H groups in total. The zero-order valence-electron chi connectivity index (χ0n) is 10.7. The lowest BCUT2D eigenvalue weighted by molar-refractivity contribution is 0.275. The van der Waals surface area contributed by atoms with E-state index in [9.17, 15) is 13.2 Å². The maximum absolute atomic E-state index is 13.2. The minimum atomic E-state index is -0.881. The molecule has 20 heavy (non-hydrogen) atoms. The zero-order valence-corrected chi connectivity index (χ0v) is 10.7. The van der Waals surface area contributed by atoms with Crippen LogP contribution in [0.1, 0.15) is 16.7 Å². The minimum absolute atomic E-state index is 0.233. The third kappa shape index (κ3) is 3.59. The molecule has 0 saturated heterocycles. The van der Waals surface area contributed by atoms with Crippen LogP contribution in [0.25, 0.3) is 0 Å². The van der Waals surface area contributed by atoms with Crippen LogP contribution in [0, 0.1) is 17.5 Å². The quantitative estimate of drug-likeness (QED) is 0.883. The van der Waals surface area contributed by atoms with Gasteiger partial charge in [0.25, 0.3) is 0 Å². The normalized spacial score (nSPS) is 10.8. The summed E-state index contributed by atoms with van der Waals surface area (Å²) >= 11 is 0. The van der Waals surface area contributed by atoms with Gasteiger partial charge in [-0.25, -0.2) is 13.2 Å². The molecular weight excluding hydrogens is 267 g/mol. The number of rotatable bonds is 5. The Balaban J connectivity index is 1.94. The second-order valence-electron chi connectivity index (χ2n) is 4.44. The molecule has 0 radical (unpaired) electrons. The summed E-state index contributed by atoms with van der Waals surface area (Å²) in [5.41, 5.74) is 1.66. The van der Waals surface area contributed by atoms with Gasteiger partial charge in [0.15, 0.2) is 11.6 Å². The Morgan fingerprint density at radius 3 is 2.00 bits per heavy atom. The Labute approximate surface area is 114 Å². The van der Waals surface area contributed by atoms with Crippen molar-refractivity contribution < 1.29 is 18.3 Å². The van der Waals surface area contributed by atoms with Crippen molar-refractivity contribution in [3.05, 3.63) is 70.5 Å². The van der Waals surface area contributed by atoms with E-state index in [1.807, 2.05) is 0 Å². The summed E-state index contributed by atoms with van der Waals surface area (Å²) in [6, 6.07) is 8.16. The van der Waals surface area contributed by atoms with Gasteiger partial charge < -0.3 is 10.4 Å². The number of aliphatic hydroxyl groups excluding tert-OH is 1. The number of aliphatic hydroxyl groups is 1. The fourth-order valence-electron chi connectivity index (χ4n) is 1.86. The van der Waals surface area contributed by atoms with Crippen molar-refractivity contribution in [1.29, 1.82) is 0 Å². The van der Waals surface area contributed by atoms with Gasteiger partial charge in [-0.05, 0) is 35.4 Å².